The molecule has 5 rings (SSSR count). The molecule has 1 unspecified atom stereocenters. The van der Waals surface area contributed by atoms with E-state index in [-0.39, 0.29) is 6.04 Å². The number of fused-ring (bicyclic) bond motifs is 2. The summed E-state index contributed by atoms with van der Waals surface area (Å²) < 4.78 is 19.2. The number of benzene rings is 2. The second kappa shape index (κ2) is 10.6. The number of hydrogen-bond acceptors (Lipinski definition) is 5. The number of hydrogen-bond donors (Lipinski definition) is 1. The lowest BCUT2D eigenvalue weighted by molar-refractivity contribution is 0.283. The summed E-state index contributed by atoms with van der Waals surface area (Å²) in [5.41, 5.74) is 5.44. The Morgan fingerprint density at radius 2 is 2.00 bits per heavy atom. The number of ether oxygens (including phenoxy) is 3. The van der Waals surface area contributed by atoms with Crippen LogP contribution in [0.25, 0.3) is 17.1 Å². The van der Waals surface area contributed by atoms with Gasteiger partial charge in [0.05, 0.1) is 33.0 Å². The second-order valence-electron chi connectivity index (χ2n) is 8.68. The van der Waals surface area contributed by atoms with E-state index in [1.165, 1.54) is 11.1 Å². The van der Waals surface area contributed by atoms with Gasteiger partial charge in [0.2, 0.25) is 0 Å². The molecule has 3 heterocycles. The number of aromatic nitrogens is 2. The lowest BCUT2D eigenvalue weighted by Crippen LogP contribution is -2.28. The van der Waals surface area contributed by atoms with Crippen molar-refractivity contribution in [3.63, 3.8) is 0 Å². The van der Waals surface area contributed by atoms with E-state index in [1.54, 1.807) is 20.4 Å². The van der Waals surface area contributed by atoms with Crippen LogP contribution < -0.4 is 19.5 Å². The van der Waals surface area contributed by atoms with E-state index in [2.05, 4.69) is 52.6 Å². The minimum atomic E-state index is 0.0374. The predicted molar refractivity (Wildman–Crippen MR) is 142 cm³/mol. The van der Waals surface area contributed by atoms with Crippen LogP contribution >= 0.6 is 0 Å². The third-order valence-corrected chi connectivity index (χ3v) is 6.44. The Kier molecular flexibility index (Phi) is 6.92. The molecule has 1 atom stereocenters. The number of pyridine rings is 1. The Morgan fingerprint density at radius 1 is 1.14 bits per heavy atom. The molecule has 0 saturated carbocycles. The molecule has 36 heavy (non-hydrogen) atoms. The van der Waals surface area contributed by atoms with Gasteiger partial charge in [0.15, 0.2) is 11.5 Å². The summed E-state index contributed by atoms with van der Waals surface area (Å²) in [5, 5.41) is 4.61. The number of methoxy groups -OCH3 is 2. The predicted octanol–water partition coefficient (Wildman–Crippen LogP) is 5.17. The van der Waals surface area contributed by atoms with E-state index in [0.717, 1.165) is 46.6 Å². The molecular formula is C30H29N3O3. The fraction of sp³-hybridized carbons (Fsp3) is 0.233. The van der Waals surface area contributed by atoms with E-state index in [0.29, 0.717) is 18.9 Å². The van der Waals surface area contributed by atoms with Crippen molar-refractivity contribution >= 4 is 17.1 Å². The minimum absolute atomic E-state index is 0.0374. The summed E-state index contributed by atoms with van der Waals surface area (Å²) >= 11 is 0. The highest BCUT2D eigenvalue weighted by Crippen LogP contribution is 2.37. The molecule has 2 aromatic carbocycles. The molecular weight excluding hydrogens is 450 g/mol. The van der Waals surface area contributed by atoms with E-state index in [4.69, 9.17) is 20.6 Å². The quantitative estimate of drug-likeness (QED) is 0.354. The molecule has 0 spiro atoms. The van der Waals surface area contributed by atoms with Crippen LogP contribution in [0.2, 0.25) is 0 Å². The first-order valence-electron chi connectivity index (χ1n) is 12.0. The van der Waals surface area contributed by atoms with E-state index in [1.807, 2.05) is 35.0 Å². The van der Waals surface area contributed by atoms with Crippen molar-refractivity contribution in [1.82, 2.24) is 14.9 Å². The van der Waals surface area contributed by atoms with Gasteiger partial charge in [0.25, 0.3) is 0 Å². The molecule has 182 valence electrons. The summed E-state index contributed by atoms with van der Waals surface area (Å²) in [5.74, 6) is 4.91. The largest absolute Gasteiger partial charge is 0.495 e. The molecule has 6 heteroatoms. The van der Waals surface area contributed by atoms with Gasteiger partial charge in [-0.3, -0.25) is 0 Å². The number of nitrogens with zero attached hydrogens (tertiary/aromatic N) is 2. The van der Waals surface area contributed by atoms with Crippen LogP contribution in [0.5, 0.6) is 17.2 Å². The van der Waals surface area contributed by atoms with Crippen molar-refractivity contribution in [2.24, 2.45) is 0 Å². The standard InChI is InChI=1S/C30H29N3O3/c1-4-14-33-19-23(26-16-24(34-2)18-32-30(26)33)10-11-27-25-17-28(35-3)29(15-22(25)12-13-31-27)36-20-21-8-6-5-7-9-21/h1,5-11,15-19,27,31H,12-14,20H2,2-3H3/b11-10+. The van der Waals surface area contributed by atoms with Gasteiger partial charge in [-0.15, -0.1) is 6.42 Å². The molecule has 1 aliphatic rings. The van der Waals surface area contributed by atoms with Gasteiger partial charge in [0, 0.05) is 23.7 Å². The number of terminal acetylenes is 1. The zero-order chi connectivity index (χ0) is 24.9. The summed E-state index contributed by atoms with van der Waals surface area (Å²) in [6.45, 7) is 1.83. The van der Waals surface area contributed by atoms with E-state index < -0.39 is 0 Å². The maximum Gasteiger partial charge on any atom is 0.161 e. The normalized spacial score (nSPS) is 15.0. The van der Waals surface area contributed by atoms with Gasteiger partial charge < -0.3 is 24.1 Å². The Hall–Kier alpha value is -4.21. The highest BCUT2D eigenvalue weighted by molar-refractivity contribution is 5.88. The third-order valence-electron chi connectivity index (χ3n) is 6.44. The molecule has 2 aromatic heterocycles. The number of rotatable bonds is 8. The van der Waals surface area contributed by atoms with Crippen LogP contribution in [0, 0.1) is 12.3 Å². The lowest BCUT2D eigenvalue weighted by Gasteiger charge is -2.26. The monoisotopic (exact) mass is 479 g/mol. The third kappa shape index (κ3) is 4.79. The Bertz CT molecular complexity index is 1430. The zero-order valence-corrected chi connectivity index (χ0v) is 20.5. The smallest absolute Gasteiger partial charge is 0.161 e. The van der Waals surface area contributed by atoms with Crippen molar-refractivity contribution in [3.8, 4) is 29.6 Å². The maximum absolute atomic E-state index is 6.14. The van der Waals surface area contributed by atoms with Gasteiger partial charge in [-0.1, -0.05) is 48.4 Å². The van der Waals surface area contributed by atoms with Crippen LogP contribution in [0.3, 0.4) is 0 Å². The summed E-state index contributed by atoms with van der Waals surface area (Å²) in [6.07, 6.45) is 14.6. The molecule has 0 bridgehead atoms. The van der Waals surface area contributed by atoms with E-state index >= 15 is 0 Å². The van der Waals surface area contributed by atoms with Crippen LogP contribution in [0.4, 0.5) is 0 Å². The molecule has 0 aliphatic carbocycles. The molecule has 0 fully saturated rings. The highest BCUT2D eigenvalue weighted by atomic mass is 16.5. The first-order valence-corrected chi connectivity index (χ1v) is 12.0. The number of nitrogens with one attached hydrogen (secondary N) is 1. The fourth-order valence-corrected chi connectivity index (χ4v) is 4.62. The van der Waals surface area contributed by atoms with Gasteiger partial charge in [0.1, 0.15) is 18.0 Å². The van der Waals surface area contributed by atoms with Crippen molar-refractivity contribution in [1.29, 1.82) is 0 Å². The van der Waals surface area contributed by atoms with Gasteiger partial charge in [-0.2, -0.15) is 0 Å². The average Bonchev–Trinajstić information content (AvgIpc) is 3.27. The maximum atomic E-state index is 6.14. The van der Waals surface area contributed by atoms with Gasteiger partial charge >= 0.3 is 0 Å². The molecule has 0 saturated heterocycles. The van der Waals surface area contributed by atoms with Gasteiger partial charge in [-0.05, 0) is 41.3 Å². The Labute approximate surface area is 211 Å². The van der Waals surface area contributed by atoms with Crippen LogP contribution in [-0.2, 0) is 19.6 Å². The second-order valence-corrected chi connectivity index (χ2v) is 8.68. The first kappa shape index (κ1) is 23.5. The molecule has 4 aromatic rings. The van der Waals surface area contributed by atoms with Crippen molar-refractivity contribution < 1.29 is 14.2 Å². The van der Waals surface area contributed by atoms with Crippen molar-refractivity contribution in [3.05, 3.63) is 89.3 Å². The SMILES string of the molecule is C#CCn1cc(/C=C/C2NCCc3cc(OCc4ccccc4)c(OC)cc32)c2cc(OC)cnc21. The highest BCUT2D eigenvalue weighted by Gasteiger charge is 2.21. The topological polar surface area (TPSA) is 57.5 Å². The molecule has 0 amide bonds. The van der Waals surface area contributed by atoms with Gasteiger partial charge in [-0.25, -0.2) is 4.98 Å². The van der Waals surface area contributed by atoms with E-state index in [9.17, 15) is 0 Å². The molecule has 0 radical (unpaired) electrons. The molecule has 1 N–H and O–H groups in total. The van der Waals surface area contributed by atoms with Crippen molar-refractivity contribution in [2.75, 3.05) is 20.8 Å². The summed E-state index contributed by atoms with van der Waals surface area (Å²) in [7, 11) is 3.32. The average molecular weight is 480 g/mol. The Balaban J connectivity index is 1.44. The van der Waals surface area contributed by atoms with Crippen molar-refractivity contribution in [2.45, 2.75) is 25.6 Å². The first-order chi connectivity index (χ1) is 17.7. The van der Waals surface area contributed by atoms with Crippen LogP contribution in [0.15, 0.2) is 67.0 Å². The summed E-state index contributed by atoms with van der Waals surface area (Å²) in [4.78, 5) is 4.56. The van der Waals surface area contributed by atoms with Crippen LogP contribution in [-0.4, -0.2) is 30.3 Å². The van der Waals surface area contributed by atoms with Crippen LogP contribution in [0.1, 0.15) is 28.3 Å². The fourth-order valence-electron chi connectivity index (χ4n) is 4.62. The minimum Gasteiger partial charge on any atom is -0.495 e. The molecule has 6 nitrogen and oxygen atoms in total. The molecule has 1 aliphatic heterocycles. The summed E-state index contributed by atoms with van der Waals surface area (Å²) in [6, 6.07) is 16.4. The zero-order valence-electron chi connectivity index (χ0n) is 20.5. The lowest BCUT2D eigenvalue weighted by atomic mass is 9.93. The Morgan fingerprint density at radius 3 is 2.78 bits per heavy atom.